The molecule has 0 atom stereocenters. The van der Waals surface area contributed by atoms with Gasteiger partial charge in [-0.05, 0) is 97.1 Å². The van der Waals surface area contributed by atoms with E-state index < -0.39 is 104 Å². The molecule has 65 heavy (non-hydrogen) atoms. The van der Waals surface area contributed by atoms with Crippen molar-refractivity contribution in [3.05, 3.63) is 154 Å². The first kappa shape index (κ1) is 44.6. The van der Waals surface area contributed by atoms with Crippen LogP contribution in [0.15, 0.2) is 109 Å². The maximum atomic E-state index is 12.1. The molecule has 0 spiro atoms. The maximum Gasteiger partial charge on any atom is 0.336 e. The van der Waals surface area contributed by atoms with Gasteiger partial charge in [0.15, 0.2) is 23.0 Å². The van der Waals surface area contributed by atoms with Crippen LogP contribution in [0.1, 0.15) is 82.9 Å². The number of aromatic carboxylic acids is 8. The van der Waals surface area contributed by atoms with Crippen molar-refractivity contribution >= 4 is 47.8 Å². The van der Waals surface area contributed by atoms with Crippen molar-refractivity contribution in [3.8, 4) is 57.5 Å². The average molecular weight is 891 g/mol. The lowest BCUT2D eigenvalue weighted by atomic mass is 10.1. The zero-order valence-electron chi connectivity index (χ0n) is 32.3. The second-order valence-corrected chi connectivity index (χ2v) is 12.9. The zero-order chi connectivity index (χ0) is 47.3. The first-order chi connectivity index (χ1) is 30.8. The van der Waals surface area contributed by atoms with E-state index in [1.54, 1.807) is 0 Å². The minimum absolute atomic E-state index is 0.255. The third kappa shape index (κ3) is 9.84. The van der Waals surface area contributed by atoms with Crippen LogP contribution in [0.4, 0.5) is 0 Å². The van der Waals surface area contributed by atoms with Crippen molar-refractivity contribution in [3.63, 3.8) is 0 Å². The summed E-state index contributed by atoms with van der Waals surface area (Å²) >= 11 is 0. The first-order valence-electron chi connectivity index (χ1n) is 17.9. The third-order valence-corrected chi connectivity index (χ3v) is 8.81. The standard InChI is InChI=1S/C44H26O21/c45-37(46)23-11-7-19(15-27(23)41(53)54)61-31-3-1-5-33(35(31)63-21-9-13-25(39(49)50)29(17-21)43(57)58)65-34-6-2-4-32(62-20-8-12-24(38(47)48)28(16-20)42(55)56)36(34)64-22-10-14-26(40(51)52)30(18-22)44(59)60/h1-18H,(H,45,46)(H,47,48)(H,49,50)(H,51,52)(H,53,54)(H,55,56)(H,57,58)(H,59,60). The second-order valence-electron chi connectivity index (χ2n) is 12.9. The van der Waals surface area contributed by atoms with Gasteiger partial charge in [-0.1, -0.05) is 12.1 Å². The molecular weight excluding hydrogens is 864 g/mol. The lowest BCUT2D eigenvalue weighted by Crippen LogP contribution is -2.08. The number of ether oxygens (including phenoxy) is 5. The van der Waals surface area contributed by atoms with E-state index in [4.69, 9.17) is 23.7 Å². The number of carboxylic acids is 8. The third-order valence-electron chi connectivity index (χ3n) is 8.81. The Morgan fingerprint density at radius 3 is 0.708 bits per heavy atom. The molecule has 0 heterocycles. The van der Waals surface area contributed by atoms with E-state index >= 15 is 0 Å². The van der Waals surface area contributed by atoms with Crippen LogP contribution in [0, 0.1) is 0 Å². The van der Waals surface area contributed by atoms with Crippen LogP contribution in [0.5, 0.6) is 57.5 Å². The van der Waals surface area contributed by atoms with Gasteiger partial charge in [0.2, 0.25) is 11.5 Å². The number of benzene rings is 6. The molecule has 0 fully saturated rings. The van der Waals surface area contributed by atoms with Crippen molar-refractivity contribution < 1.29 is 103 Å². The molecular formula is C44H26O21. The Hall–Kier alpha value is -9.92. The Kier molecular flexibility index (Phi) is 12.6. The summed E-state index contributed by atoms with van der Waals surface area (Å²) in [5, 5.41) is 77.2. The maximum absolute atomic E-state index is 12.1. The van der Waals surface area contributed by atoms with E-state index in [1.807, 2.05) is 0 Å². The predicted octanol–water partition coefficient (Wildman–Crippen LogP) is 8.23. The van der Waals surface area contributed by atoms with Gasteiger partial charge in [-0.3, -0.25) is 0 Å². The van der Waals surface area contributed by atoms with Gasteiger partial charge in [-0.15, -0.1) is 0 Å². The fourth-order valence-corrected chi connectivity index (χ4v) is 5.92. The summed E-state index contributed by atoms with van der Waals surface area (Å²) in [6, 6.07) is 19.4. The van der Waals surface area contributed by atoms with Crippen molar-refractivity contribution in [1.29, 1.82) is 0 Å². The Labute approximate surface area is 361 Å². The molecule has 0 bridgehead atoms. The molecule has 0 saturated carbocycles. The van der Waals surface area contributed by atoms with Crippen molar-refractivity contribution in [2.24, 2.45) is 0 Å². The number of hydrogen-bond donors (Lipinski definition) is 8. The molecule has 21 nitrogen and oxygen atoms in total. The average Bonchev–Trinajstić information content (AvgIpc) is 3.25. The highest BCUT2D eigenvalue weighted by molar-refractivity contribution is 6.04. The van der Waals surface area contributed by atoms with Crippen LogP contribution in [-0.2, 0) is 0 Å². The Morgan fingerprint density at radius 1 is 0.262 bits per heavy atom. The number of hydrogen-bond acceptors (Lipinski definition) is 13. The van der Waals surface area contributed by atoms with Gasteiger partial charge in [0.05, 0.1) is 44.5 Å². The van der Waals surface area contributed by atoms with E-state index in [1.165, 1.54) is 36.4 Å². The minimum atomic E-state index is -1.65. The molecule has 6 aromatic rings. The highest BCUT2D eigenvalue weighted by Gasteiger charge is 2.26. The Balaban J connectivity index is 1.53. The van der Waals surface area contributed by atoms with Gasteiger partial charge < -0.3 is 64.5 Å². The van der Waals surface area contributed by atoms with Crippen LogP contribution in [0.25, 0.3) is 0 Å². The lowest BCUT2D eigenvalue weighted by molar-refractivity contribution is 0.0651. The van der Waals surface area contributed by atoms with Crippen LogP contribution < -0.4 is 23.7 Å². The van der Waals surface area contributed by atoms with E-state index in [2.05, 4.69) is 0 Å². The highest BCUT2D eigenvalue weighted by Crippen LogP contribution is 2.49. The van der Waals surface area contributed by atoms with Crippen LogP contribution in [0.3, 0.4) is 0 Å². The highest BCUT2D eigenvalue weighted by atomic mass is 16.6. The number of carboxylic acid groups (broad SMARTS) is 8. The fraction of sp³-hybridized carbons (Fsp3) is 0. The quantitative estimate of drug-likeness (QED) is 0.0402. The first-order valence-corrected chi connectivity index (χ1v) is 17.9. The van der Waals surface area contributed by atoms with Gasteiger partial charge >= 0.3 is 47.8 Å². The number of rotatable bonds is 18. The van der Waals surface area contributed by atoms with Gasteiger partial charge in [0.1, 0.15) is 23.0 Å². The van der Waals surface area contributed by atoms with Crippen molar-refractivity contribution in [2.75, 3.05) is 0 Å². The van der Waals surface area contributed by atoms with Crippen LogP contribution in [0.2, 0.25) is 0 Å². The molecule has 0 unspecified atom stereocenters. The van der Waals surface area contributed by atoms with Crippen LogP contribution in [-0.4, -0.2) is 88.6 Å². The molecule has 0 aliphatic carbocycles. The summed E-state index contributed by atoms with van der Waals surface area (Å²) in [5.41, 5.74) is -5.15. The molecule has 0 saturated heterocycles. The summed E-state index contributed by atoms with van der Waals surface area (Å²) in [4.78, 5) is 95.1. The molecule has 0 radical (unpaired) electrons. The summed E-state index contributed by atoms with van der Waals surface area (Å²) in [6.45, 7) is 0. The zero-order valence-corrected chi connectivity index (χ0v) is 32.3. The smallest absolute Gasteiger partial charge is 0.336 e. The summed E-state index contributed by atoms with van der Waals surface area (Å²) < 4.78 is 30.3. The lowest BCUT2D eigenvalue weighted by Gasteiger charge is -2.20. The summed E-state index contributed by atoms with van der Waals surface area (Å²) in [6.07, 6.45) is 0. The van der Waals surface area contributed by atoms with E-state index in [-0.39, 0.29) is 46.0 Å². The van der Waals surface area contributed by atoms with Gasteiger partial charge in [-0.25, -0.2) is 38.4 Å². The van der Waals surface area contributed by atoms with Crippen LogP contribution >= 0.6 is 0 Å². The molecule has 0 aliphatic rings. The minimum Gasteiger partial charge on any atom is -0.478 e. The Bertz CT molecular complexity index is 2800. The number of para-hydroxylation sites is 2. The second kappa shape index (κ2) is 18.4. The van der Waals surface area contributed by atoms with Crippen molar-refractivity contribution in [1.82, 2.24) is 0 Å². The number of carbonyl (C=O) groups is 8. The molecule has 6 aromatic carbocycles. The van der Waals surface area contributed by atoms with E-state index in [9.17, 15) is 79.2 Å². The molecule has 328 valence electrons. The topological polar surface area (TPSA) is 345 Å². The fourth-order valence-electron chi connectivity index (χ4n) is 5.92. The monoisotopic (exact) mass is 890 g/mol. The molecule has 0 aromatic heterocycles. The summed E-state index contributed by atoms with van der Waals surface area (Å²) in [5.74, 6) is -16.1. The van der Waals surface area contributed by atoms with E-state index in [0.717, 1.165) is 72.8 Å². The van der Waals surface area contributed by atoms with Gasteiger partial charge in [0, 0.05) is 0 Å². The molecule has 0 amide bonds. The SMILES string of the molecule is O=C(O)c1ccc(Oc2cccc(Oc3cccc(Oc4ccc(C(=O)O)c(C(=O)O)c4)c3Oc3ccc(C(=O)O)c(C(=O)O)c3)c2Oc2ccc(C(=O)O)c(C(=O)O)c2)cc1C(=O)O. The largest absolute Gasteiger partial charge is 0.478 e. The molecule has 21 heteroatoms. The Morgan fingerprint density at radius 2 is 0.477 bits per heavy atom. The van der Waals surface area contributed by atoms with E-state index in [0.29, 0.717) is 0 Å². The molecule has 8 N–H and O–H groups in total. The predicted molar refractivity (Wildman–Crippen MR) is 215 cm³/mol. The molecule has 0 aliphatic heterocycles. The summed E-state index contributed by atoms with van der Waals surface area (Å²) in [7, 11) is 0. The normalized spacial score (nSPS) is 10.5. The van der Waals surface area contributed by atoms with Gasteiger partial charge in [0.25, 0.3) is 0 Å². The molecule has 6 rings (SSSR count). The van der Waals surface area contributed by atoms with Gasteiger partial charge in [-0.2, -0.15) is 0 Å². The van der Waals surface area contributed by atoms with Crippen molar-refractivity contribution in [2.45, 2.75) is 0 Å².